The Labute approximate surface area is 415 Å². The van der Waals surface area contributed by atoms with E-state index in [2.05, 4.69) is 34.2 Å². The maximum absolute atomic E-state index is 16.7. The number of carbonyl (C=O) groups is 5. The summed E-state index contributed by atoms with van der Waals surface area (Å²) in [6, 6.07) is 35.6. The number of aromatic hydroxyl groups is 1. The van der Waals surface area contributed by atoms with Crippen LogP contribution in [0.15, 0.2) is 133 Å². The number of benzene rings is 5. The molecule has 0 unspecified atom stereocenters. The van der Waals surface area contributed by atoms with Crippen LogP contribution in [0.25, 0.3) is 0 Å². The molecule has 0 radical (unpaired) electrons. The standard InChI is InChI=1S/C58H61N5O8/c1-38(2)48(54(66)70-4)59-57(69)62-46-32-27-39(22-19-33-60(3)37-40-20-11-8-12-21-40)36-45(46)58(56(62)68)47(53(65)61-34-17-6-5-7-18-35-61)50-55(67)71-51(42-25-15-10-16-26-42)49(41-23-13-9-14-24-41)63(50)52(58)43-28-30-44(64)31-29-43/h8-16,20-21,23-32,36,38,47-52,64H,5-7,17-18,33-35,37H2,1-4H3,(H,59,69)/t47-,48-,49-,50-,51+,52+,58-/m0/s1. The summed E-state index contributed by atoms with van der Waals surface area (Å²) in [5, 5.41) is 13.6. The highest BCUT2D eigenvalue weighted by Gasteiger charge is 2.76. The minimum Gasteiger partial charge on any atom is -0.508 e. The van der Waals surface area contributed by atoms with E-state index in [1.165, 1.54) is 19.2 Å². The second-order valence-corrected chi connectivity index (χ2v) is 19.5. The topological polar surface area (TPSA) is 149 Å². The molecule has 2 N–H and O–H groups in total. The molecular formula is C58H61N5O8. The van der Waals surface area contributed by atoms with Gasteiger partial charge in [-0.1, -0.05) is 148 Å². The number of phenols is 1. The monoisotopic (exact) mass is 955 g/mol. The van der Waals surface area contributed by atoms with E-state index in [9.17, 15) is 9.90 Å². The van der Waals surface area contributed by atoms with Crippen molar-refractivity contribution in [2.24, 2.45) is 11.8 Å². The third-order valence-corrected chi connectivity index (χ3v) is 14.6. The molecule has 366 valence electrons. The molecule has 13 nitrogen and oxygen atoms in total. The molecule has 7 atom stereocenters. The lowest BCUT2D eigenvalue weighted by atomic mass is 9.64. The Balaban J connectivity index is 1.31. The van der Waals surface area contributed by atoms with E-state index < -0.39 is 77.3 Å². The molecule has 4 amide bonds. The SMILES string of the molecule is COC(=O)[C@@H](NC(=O)N1C(=O)[C@@]2(c3cc(C#CCN(C)Cc4ccccc4)ccc31)[C@H](C(=O)N1CCCCCCC1)[C@H]1C(=O)O[C@H](c3ccccc3)[C@H](c3ccccc3)N1[C@@H]2c1ccc(O)cc1)C(C)C. The maximum atomic E-state index is 16.7. The number of nitrogens with one attached hydrogen (secondary N) is 1. The molecule has 0 aliphatic carbocycles. The van der Waals surface area contributed by atoms with Crippen molar-refractivity contribution in [1.29, 1.82) is 0 Å². The zero-order valence-corrected chi connectivity index (χ0v) is 40.7. The van der Waals surface area contributed by atoms with Crippen molar-refractivity contribution in [2.75, 3.05) is 38.7 Å². The van der Waals surface area contributed by atoms with Gasteiger partial charge >= 0.3 is 18.0 Å². The van der Waals surface area contributed by atoms with Gasteiger partial charge in [0.05, 0.1) is 37.3 Å². The minimum absolute atomic E-state index is 0.0260. The van der Waals surface area contributed by atoms with Gasteiger partial charge in [-0.25, -0.2) is 14.5 Å². The molecule has 0 saturated carbocycles. The average Bonchev–Trinajstić information content (AvgIpc) is 3.82. The number of amides is 4. The Morgan fingerprint density at radius 1 is 0.803 bits per heavy atom. The average molecular weight is 956 g/mol. The molecule has 9 rings (SSSR count). The number of hydrogen-bond donors (Lipinski definition) is 2. The molecule has 3 saturated heterocycles. The first-order valence-corrected chi connectivity index (χ1v) is 24.7. The fourth-order valence-corrected chi connectivity index (χ4v) is 11.3. The number of fused-ring (bicyclic) bond motifs is 3. The molecule has 4 heterocycles. The van der Waals surface area contributed by atoms with Crippen molar-refractivity contribution < 1.29 is 38.6 Å². The Hall–Kier alpha value is -7.27. The van der Waals surface area contributed by atoms with Crippen LogP contribution < -0.4 is 10.2 Å². The van der Waals surface area contributed by atoms with Crippen LogP contribution in [-0.4, -0.2) is 95.5 Å². The van der Waals surface area contributed by atoms with Crippen LogP contribution in [0.4, 0.5) is 10.5 Å². The van der Waals surface area contributed by atoms with E-state index in [0.717, 1.165) is 48.1 Å². The molecule has 13 heteroatoms. The fraction of sp³-hybridized carbons (Fsp3) is 0.362. The molecular weight excluding hydrogens is 895 g/mol. The van der Waals surface area contributed by atoms with Gasteiger partial charge in [-0.15, -0.1) is 0 Å². The van der Waals surface area contributed by atoms with Gasteiger partial charge < -0.3 is 24.8 Å². The lowest BCUT2D eigenvalue weighted by Crippen LogP contribution is -2.58. The van der Waals surface area contributed by atoms with Gasteiger partial charge in [0.2, 0.25) is 11.8 Å². The van der Waals surface area contributed by atoms with Gasteiger partial charge in [0.25, 0.3) is 0 Å². The Morgan fingerprint density at radius 3 is 2.06 bits per heavy atom. The number of phenolic OH excluding ortho intramolecular Hbond substituents is 1. The predicted octanol–water partition coefficient (Wildman–Crippen LogP) is 8.24. The van der Waals surface area contributed by atoms with E-state index >= 15 is 19.2 Å². The lowest BCUT2D eigenvalue weighted by molar-refractivity contribution is -0.179. The molecule has 0 aromatic heterocycles. The summed E-state index contributed by atoms with van der Waals surface area (Å²) >= 11 is 0. The third kappa shape index (κ3) is 9.30. The van der Waals surface area contributed by atoms with Crippen LogP contribution in [0.1, 0.15) is 97.5 Å². The lowest BCUT2D eigenvalue weighted by Gasteiger charge is -2.46. The fourth-order valence-electron chi connectivity index (χ4n) is 11.3. The minimum atomic E-state index is -2.01. The first-order chi connectivity index (χ1) is 34.4. The molecule has 71 heavy (non-hydrogen) atoms. The number of methoxy groups -OCH3 is 1. The van der Waals surface area contributed by atoms with Crippen LogP contribution in [0.5, 0.6) is 5.75 Å². The number of hydrogen-bond acceptors (Lipinski definition) is 10. The summed E-state index contributed by atoms with van der Waals surface area (Å²) < 4.78 is 11.8. The smallest absolute Gasteiger partial charge is 0.329 e. The van der Waals surface area contributed by atoms with Crippen molar-refractivity contribution in [2.45, 2.75) is 88.2 Å². The highest BCUT2D eigenvalue weighted by Crippen LogP contribution is 2.66. The van der Waals surface area contributed by atoms with Crippen molar-refractivity contribution in [3.05, 3.63) is 167 Å². The highest BCUT2D eigenvalue weighted by molar-refractivity contribution is 6.25. The number of anilines is 1. The number of urea groups is 1. The van der Waals surface area contributed by atoms with Crippen molar-refractivity contribution >= 4 is 35.5 Å². The number of likely N-dealkylation sites (tertiary alicyclic amines) is 1. The summed E-state index contributed by atoms with van der Waals surface area (Å²) in [4.78, 5) is 83.8. The van der Waals surface area contributed by atoms with Crippen LogP contribution >= 0.6 is 0 Å². The summed E-state index contributed by atoms with van der Waals surface area (Å²) in [5.41, 5.74) is 2.17. The van der Waals surface area contributed by atoms with Gasteiger partial charge in [0, 0.05) is 25.2 Å². The number of cyclic esters (lactones) is 1. The predicted molar refractivity (Wildman–Crippen MR) is 269 cm³/mol. The number of nitrogens with zero attached hydrogens (tertiary/aromatic N) is 4. The molecule has 4 aliphatic rings. The first kappa shape index (κ1) is 48.7. The maximum Gasteiger partial charge on any atom is 0.329 e. The van der Waals surface area contributed by atoms with E-state index in [1.54, 1.807) is 49.1 Å². The zero-order chi connectivity index (χ0) is 49.8. The molecule has 3 fully saturated rings. The number of carbonyl (C=O) groups excluding carboxylic acids is 5. The van der Waals surface area contributed by atoms with Crippen molar-refractivity contribution in [3.63, 3.8) is 0 Å². The van der Waals surface area contributed by atoms with Gasteiger partial charge in [-0.3, -0.25) is 24.2 Å². The number of rotatable bonds is 10. The Bertz CT molecular complexity index is 2810. The van der Waals surface area contributed by atoms with Crippen LogP contribution in [0, 0.1) is 23.7 Å². The number of ether oxygens (including phenoxy) is 2. The van der Waals surface area contributed by atoms with Gasteiger partial charge in [0.1, 0.15) is 29.4 Å². The third-order valence-electron chi connectivity index (χ3n) is 14.6. The molecule has 5 aromatic rings. The van der Waals surface area contributed by atoms with Gasteiger partial charge in [-0.05, 0) is 84.0 Å². The highest BCUT2D eigenvalue weighted by atomic mass is 16.6. The van der Waals surface area contributed by atoms with Crippen LogP contribution in [-0.2, 0) is 40.6 Å². The van der Waals surface area contributed by atoms with E-state index in [1.807, 2.05) is 90.8 Å². The summed E-state index contributed by atoms with van der Waals surface area (Å²) in [6.07, 6.45) is 3.43. The second kappa shape index (κ2) is 21.0. The van der Waals surface area contributed by atoms with Crippen LogP contribution in [0.3, 0.4) is 0 Å². The Morgan fingerprint density at radius 2 is 1.42 bits per heavy atom. The largest absolute Gasteiger partial charge is 0.508 e. The number of morpholine rings is 1. The van der Waals surface area contributed by atoms with E-state index in [4.69, 9.17) is 9.47 Å². The summed E-state index contributed by atoms with van der Waals surface area (Å²) in [6.45, 7) is 5.42. The Kier molecular flexibility index (Phi) is 14.4. The quantitative estimate of drug-likeness (QED) is 0.104. The number of imide groups is 1. The van der Waals surface area contributed by atoms with Crippen LogP contribution in [0.2, 0.25) is 0 Å². The van der Waals surface area contributed by atoms with E-state index in [0.29, 0.717) is 48.4 Å². The molecule has 1 spiro atoms. The number of esters is 2. The van der Waals surface area contributed by atoms with E-state index in [-0.39, 0.29) is 11.4 Å². The first-order valence-electron chi connectivity index (χ1n) is 24.7. The van der Waals surface area contributed by atoms with Gasteiger partial charge in [-0.2, -0.15) is 0 Å². The van der Waals surface area contributed by atoms with Gasteiger partial charge in [0.15, 0.2) is 0 Å². The second-order valence-electron chi connectivity index (χ2n) is 19.5. The molecule has 4 aliphatic heterocycles. The van der Waals surface area contributed by atoms with Crippen molar-refractivity contribution in [1.82, 2.24) is 20.0 Å². The molecule has 5 aromatic carbocycles. The zero-order valence-electron chi connectivity index (χ0n) is 40.7. The molecule has 0 bridgehead atoms. The summed E-state index contributed by atoms with van der Waals surface area (Å²) in [7, 11) is 3.22. The van der Waals surface area contributed by atoms with Crippen molar-refractivity contribution in [3.8, 4) is 17.6 Å². The normalized spacial score (nSPS) is 23.5. The summed E-state index contributed by atoms with van der Waals surface area (Å²) in [5.74, 6) is 2.21.